The lowest BCUT2D eigenvalue weighted by molar-refractivity contribution is 0.680. The normalized spacial score (nSPS) is 12.8. The van der Waals surface area contributed by atoms with Crippen molar-refractivity contribution in [3.63, 3.8) is 0 Å². The first kappa shape index (κ1) is 12.1. The van der Waals surface area contributed by atoms with Gasteiger partial charge >= 0.3 is 0 Å². The smallest absolute Gasteiger partial charge is 0.0406 e. The summed E-state index contributed by atoms with van der Waals surface area (Å²) in [5.41, 5.74) is 1.39. The maximum atomic E-state index is 5.81. The molecule has 78 valence electrons. The second-order valence-corrected chi connectivity index (χ2v) is 5.65. The van der Waals surface area contributed by atoms with E-state index in [1.807, 2.05) is 12.1 Å². The lowest BCUT2D eigenvalue weighted by Crippen LogP contribution is -1.91. The number of benzene rings is 1. The van der Waals surface area contributed by atoms with E-state index in [9.17, 15) is 0 Å². The quantitative estimate of drug-likeness (QED) is 0.533. The number of unbranched alkanes of at least 4 members (excludes halogenated alkanes) is 1. The third kappa shape index (κ3) is 5.02. The van der Waals surface area contributed by atoms with Gasteiger partial charge in [-0.2, -0.15) is 0 Å². The van der Waals surface area contributed by atoms with Crippen molar-refractivity contribution < 1.29 is 0 Å². The molecule has 0 N–H and O–H groups in total. The number of rotatable bonds is 5. The largest absolute Gasteiger partial charge is 0.0894 e. The van der Waals surface area contributed by atoms with Gasteiger partial charge in [-0.3, -0.25) is 0 Å². The van der Waals surface area contributed by atoms with E-state index in [0.717, 1.165) is 11.4 Å². The van der Waals surface area contributed by atoms with Crippen LogP contribution in [0.4, 0.5) is 0 Å². The Morgan fingerprint density at radius 2 is 1.86 bits per heavy atom. The summed E-state index contributed by atoms with van der Waals surface area (Å²) in [4.78, 5) is 0.646. The Hall–Kier alpha value is -0.0100. The van der Waals surface area contributed by atoms with Crippen LogP contribution in [0.5, 0.6) is 0 Å². The molecule has 0 aromatic heterocycles. The Labute approximate surface area is 99.8 Å². The first-order valence-electron chi connectivity index (χ1n) is 5.07. The van der Waals surface area contributed by atoms with E-state index in [1.54, 1.807) is 0 Å². The van der Waals surface area contributed by atoms with Crippen LogP contribution in [0.1, 0.15) is 31.7 Å². The van der Waals surface area contributed by atoms with Crippen LogP contribution in [0.15, 0.2) is 24.3 Å². The monoisotopic (exact) mass is 274 g/mol. The zero-order chi connectivity index (χ0) is 10.4. The predicted molar refractivity (Wildman–Crippen MR) is 67.4 cm³/mol. The van der Waals surface area contributed by atoms with E-state index in [2.05, 4.69) is 35.0 Å². The molecule has 1 unspecified atom stereocenters. The number of halogens is 2. The van der Waals surface area contributed by atoms with Crippen LogP contribution in [0.3, 0.4) is 0 Å². The minimum absolute atomic E-state index is 0.646. The lowest BCUT2D eigenvalue weighted by Gasteiger charge is -2.03. The van der Waals surface area contributed by atoms with Gasteiger partial charge in [-0.05, 0) is 37.0 Å². The minimum Gasteiger partial charge on any atom is -0.0894 e. The summed E-state index contributed by atoms with van der Waals surface area (Å²) in [5.74, 6) is 0. The van der Waals surface area contributed by atoms with E-state index < -0.39 is 0 Å². The molecule has 0 nitrogen and oxygen atoms in total. The summed E-state index contributed by atoms with van der Waals surface area (Å²) in [5, 5.41) is 0.822. The van der Waals surface area contributed by atoms with Gasteiger partial charge in [0.15, 0.2) is 0 Å². The Bertz CT molecular complexity index is 254. The second-order valence-electron chi connectivity index (χ2n) is 3.65. The molecule has 0 saturated carbocycles. The molecule has 0 amide bonds. The topological polar surface area (TPSA) is 0 Å². The zero-order valence-corrected chi connectivity index (χ0v) is 10.8. The van der Waals surface area contributed by atoms with Gasteiger partial charge in [-0.25, -0.2) is 0 Å². The third-order valence-corrected chi connectivity index (χ3v) is 2.94. The molecule has 1 aromatic carbocycles. The molecule has 1 atom stereocenters. The molecule has 0 fully saturated rings. The van der Waals surface area contributed by atoms with Gasteiger partial charge < -0.3 is 0 Å². The third-order valence-electron chi connectivity index (χ3n) is 2.23. The van der Waals surface area contributed by atoms with Crippen LogP contribution in [0.2, 0.25) is 5.02 Å². The molecule has 0 saturated heterocycles. The number of aryl methyl sites for hydroxylation is 1. The van der Waals surface area contributed by atoms with Crippen LogP contribution >= 0.6 is 27.5 Å². The van der Waals surface area contributed by atoms with Crippen LogP contribution in [-0.4, -0.2) is 4.83 Å². The Kier molecular flexibility index (Phi) is 5.57. The molecular formula is C12H16BrCl. The molecule has 0 aliphatic heterocycles. The van der Waals surface area contributed by atoms with E-state index in [0.29, 0.717) is 4.83 Å². The van der Waals surface area contributed by atoms with Crippen molar-refractivity contribution >= 4 is 27.5 Å². The van der Waals surface area contributed by atoms with Crippen LogP contribution < -0.4 is 0 Å². The van der Waals surface area contributed by atoms with E-state index >= 15 is 0 Å². The van der Waals surface area contributed by atoms with Crippen LogP contribution in [0.25, 0.3) is 0 Å². The summed E-state index contributed by atoms with van der Waals surface area (Å²) in [6.45, 7) is 2.20. The van der Waals surface area contributed by atoms with Gasteiger partial charge in [0.25, 0.3) is 0 Å². The van der Waals surface area contributed by atoms with Crippen LogP contribution in [-0.2, 0) is 6.42 Å². The predicted octanol–water partition coefficient (Wildman–Crippen LogP) is 4.84. The average molecular weight is 276 g/mol. The zero-order valence-electron chi connectivity index (χ0n) is 8.47. The Balaban J connectivity index is 2.21. The van der Waals surface area contributed by atoms with E-state index in [1.165, 1.54) is 24.8 Å². The molecule has 0 bridgehead atoms. The SMILES string of the molecule is CC(Br)CCCCc1ccc(Cl)cc1. The molecular weight excluding hydrogens is 259 g/mol. The van der Waals surface area contributed by atoms with Gasteiger partial charge in [0.05, 0.1) is 0 Å². The van der Waals surface area contributed by atoms with Gasteiger partial charge in [-0.1, -0.05) is 53.0 Å². The molecule has 0 aliphatic carbocycles. The number of alkyl halides is 1. The molecule has 0 radical (unpaired) electrons. The van der Waals surface area contributed by atoms with Crippen molar-refractivity contribution in [2.75, 3.05) is 0 Å². The summed E-state index contributed by atoms with van der Waals surface area (Å²) in [7, 11) is 0. The molecule has 0 aliphatic rings. The lowest BCUT2D eigenvalue weighted by atomic mass is 10.1. The fraction of sp³-hybridized carbons (Fsp3) is 0.500. The summed E-state index contributed by atoms with van der Waals surface area (Å²) >= 11 is 9.36. The highest BCUT2D eigenvalue weighted by atomic mass is 79.9. The maximum absolute atomic E-state index is 5.81. The average Bonchev–Trinajstić information content (AvgIpc) is 2.15. The van der Waals surface area contributed by atoms with Crippen molar-refractivity contribution in [1.82, 2.24) is 0 Å². The fourth-order valence-electron chi connectivity index (χ4n) is 1.41. The van der Waals surface area contributed by atoms with E-state index in [4.69, 9.17) is 11.6 Å². The molecule has 1 rings (SSSR count). The maximum Gasteiger partial charge on any atom is 0.0406 e. The summed E-state index contributed by atoms with van der Waals surface area (Å²) < 4.78 is 0. The number of hydrogen-bond donors (Lipinski definition) is 0. The Morgan fingerprint density at radius 1 is 1.21 bits per heavy atom. The highest BCUT2D eigenvalue weighted by molar-refractivity contribution is 9.09. The van der Waals surface area contributed by atoms with Crippen molar-refractivity contribution in [2.45, 2.75) is 37.4 Å². The number of hydrogen-bond acceptors (Lipinski definition) is 0. The van der Waals surface area contributed by atoms with Gasteiger partial charge in [0.2, 0.25) is 0 Å². The van der Waals surface area contributed by atoms with E-state index in [-0.39, 0.29) is 0 Å². The standard InChI is InChI=1S/C12H16BrCl/c1-10(13)4-2-3-5-11-6-8-12(14)9-7-11/h6-10H,2-5H2,1H3. The van der Waals surface area contributed by atoms with Crippen LogP contribution in [0, 0.1) is 0 Å². The first-order chi connectivity index (χ1) is 6.68. The first-order valence-corrected chi connectivity index (χ1v) is 6.36. The molecule has 0 spiro atoms. The summed E-state index contributed by atoms with van der Waals surface area (Å²) in [6, 6.07) is 8.15. The highest BCUT2D eigenvalue weighted by Gasteiger charge is 1.97. The van der Waals surface area contributed by atoms with Gasteiger partial charge in [0.1, 0.15) is 0 Å². The van der Waals surface area contributed by atoms with Crippen molar-refractivity contribution in [2.24, 2.45) is 0 Å². The van der Waals surface area contributed by atoms with Gasteiger partial charge in [-0.15, -0.1) is 0 Å². The van der Waals surface area contributed by atoms with Gasteiger partial charge in [0, 0.05) is 9.85 Å². The van der Waals surface area contributed by atoms with Crippen molar-refractivity contribution in [3.05, 3.63) is 34.9 Å². The second kappa shape index (κ2) is 6.47. The highest BCUT2D eigenvalue weighted by Crippen LogP contribution is 2.14. The molecule has 0 heterocycles. The van der Waals surface area contributed by atoms with Crippen molar-refractivity contribution in [1.29, 1.82) is 0 Å². The van der Waals surface area contributed by atoms with Crippen molar-refractivity contribution in [3.8, 4) is 0 Å². The molecule has 14 heavy (non-hydrogen) atoms. The Morgan fingerprint density at radius 3 is 2.43 bits per heavy atom. The fourth-order valence-corrected chi connectivity index (χ4v) is 1.86. The minimum atomic E-state index is 0.646. The molecule has 2 heteroatoms. The molecule has 1 aromatic rings. The summed E-state index contributed by atoms with van der Waals surface area (Å²) in [6.07, 6.45) is 4.97.